The third-order valence-electron chi connectivity index (χ3n) is 1.14. The van der Waals surface area contributed by atoms with Crippen LogP contribution in [0.4, 0.5) is 0 Å². The maximum absolute atomic E-state index is 5.29. The molecule has 1 aromatic rings. The second kappa shape index (κ2) is 3.22. The van der Waals surface area contributed by atoms with Crippen LogP contribution in [-0.4, -0.2) is 26.1 Å². The van der Waals surface area contributed by atoms with Gasteiger partial charge in [-0.1, -0.05) is 0 Å². The van der Waals surface area contributed by atoms with Gasteiger partial charge in [-0.25, -0.2) is 0 Å². The third kappa shape index (κ3) is 1.61. The number of hydrogen-bond acceptors (Lipinski definition) is 2. The Labute approximate surface area is 67.0 Å². The Hall–Kier alpha value is -0.271. The van der Waals surface area contributed by atoms with Crippen molar-refractivity contribution in [3.8, 4) is 5.88 Å². The van der Waals surface area contributed by atoms with Gasteiger partial charge in [-0.2, -0.15) is 0 Å². The molecule has 10 heavy (non-hydrogen) atoms. The van der Waals surface area contributed by atoms with Crippen LogP contribution in [0.3, 0.4) is 0 Å². The predicted molar refractivity (Wildman–Crippen MR) is 41.8 cm³/mol. The first-order valence-corrected chi connectivity index (χ1v) is 5.02. The molecule has 0 aromatic carbocycles. The van der Waals surface area contributed by atoms with Crippen molar-refractivity contribution >= 4 is 14.5 Å². The van der Waals surface area contributed by atoms with Gasteiger partial charge < -0.3 is 0 Å². The van der Waals surface area contributed by atoms with Gasteiger partial charge in [0.25, 0.3) is 0 Å². The summed E-state index contributed by atoms with van der Waals surface area (Å²) in [7, 11) is 0. The molecule has 1 heterocycles. The summed E-state index contributed by atoms with van der Waals surface area (Å²) >= 11 is 0.463. The zero-order chi connectivity index (χ0) is 7.56. The van der Waals surface area contributed by atoms with E-state index in [1.165, 1.54) is 9.01 Å². The number of ether oxygens (including phenoxy) is 1. The Morgan fingerprint density at radius 2 is 2.20 bits per heavy atom. The van der Waals surface area contributed by atoms with Crippen LogP contribution >= 0.6 is 0 Å². The first-order valence-electron chi connectivity index (χ1n) is 3.31. The van der Waals surface area contributed by atoms with Crippen LogP contribution in [0.5, 0.6) is 5.88 Å². The van der Waals surface area contributed by atoms with E-state index in [2.05, 4.69) is 18.8 Å². The van der Waals surface area contributed by atoms with Gasteiger partial charge in [0.2, 0.25) is 0 Å². The molecular formula is C7H11NOSe. The number of nitrogens with zero attached hydrogens (tertiary/aromatic N) is 1. The van der Waals surface area contributed by atoms with Gasteiger partial charge in [0.15, 0.2) is 0 Å². The molecule has 1 aromatic heterocycles. The molecule has 3 heteroatoms. The molecule has 1 rings (SSSR count). The van der Waals surface area contributed by atoms with Gasteiger partial charge in [-0.15, -0.1) is 0 Å². The quantitative estimate of drug-likeness (QED) is 0.674. The topological polar surface area (TPSA) is 22.1 Å². The molecule has 0 amide bonds. The summed E-state index contributed by atoms with van der Waals surface area (Å²) in [6.45, 7) is 6.84. The standard InChI is InChI=1S/C7H11NOSe/c1-4-9-7-5(2)10-6(3)8-7/h4H2,1-3H3. The van der Waals surface area contributed by atoms with E-state index >= 15 is 0 Å². The third-order valence-corrected chi connectivity index (χ3v) is 2.96. The van der Waals surface area contributed by atoms with Crippen molar-refractivity contribution in [3.05, 3.63) is 9.01 Å². The van der Waals surface area contributed by atoms with Gasteiger partial charge in [0.05, 0.1) is 0 Å². The molecule has 0 aliphatic rings. The van der Waals surface area contributed by atoms with Crippen LogP contribution in [0.1, 0.15) is 15.9 Å². The number of aromatic nitrogens is 1. The van der Waals surface area contributed by atoms with Crippen molar-refractivity contribution in [3.63, 3.8) is 0 Å². The van der Waals surface area contributed by atoms with Crippen LogP contribution in [0.2, 0.25) is 0 Å². The molecule has 0 saturated carbocycles. The van der Waals surface area contributed by atoms with E-state index in [1.54, 1.807) is 0 Å². The van der Waals surface area contributed by atoms with Crippen LogP contribution < -0.4 is 4.74 Å². The zero-order valence-electron chi connectivity index (χ0n) is 6.47. The van der Waals surface area contributed by atoms with E-state index in [-0.39, 0.29) is 0 Å². The Kier molecular flexibility index (Phi) is 2.52. The average molecular weight is 204 g/mol. The first-order chi connectivity index (χ1) is 4.74. The SMILES string of the molecule is CCOc1nc(C)[se]c1C. The Bertz CT molecular complexity index is 219. The van der Waals surface area contributed by atoms with Crippen LogP contribution in [-0.2, 0) is 0 Å². The number of hydrogen-bond donors (Lipinski definition) is 0. The van der Waals surface area contributed by atoms with Crippen molar-refractivity contribution in [2.24, 2.45) is 0 Å². The van der Waals surface area contributed by atoms with E-state index < -0.39 is 0 Å². The van der Waals surface area contributed by atoms with Gasteiger partial charge in [0, 0.05) is 0 Å². The second-order valence-corrected chi connectivity index (χ2v) is 4.98. The predicted octanol–water partition coefficient (Wildman–Crippen LogP) is 1.15. The molecular weight excluding hydrogens is 193 g/mol. The van der Waals surface area contributed by atoms with Gasteiger partial charge >= 0.3 is 66.5 Å². The molecule has 0 fully saturated rings. The molecule has 0 atom stereocenters. The summed E-state index contributed by atoms with van der Waals surface area (Å²) in [4.78, 5) is 4.26. The molecule has 2 nitrogen and oxygen atoms in total. The minimum atomic E-state index is 0.463. The molecule has 0 bridgehead atoms. The Morgan fingerprint density at radius 3 is 2.60 bits per heavy atom. The van der Waals surface area contributed by atoms with E-state index in [1.807, 2.05) is 6.92 Å². The average Bonchev–Trinajstić information content (AvgIpc) is 2.13. The Morgan fingerprint density at radius 1 is 1.50 bits per heavy atom. The monoisotopic (exact) mass is 205 g/mol. The van der Waals surface area contributed by atoms with Crippen molar-refractivity contribution in [1.82, 2.24) is 4.98 Å². The maximum atomic E-state index is 5.29. The number of rotatable bonds is 2. The van der Waals surface area contributed by atoms with Gasteiger partial charge in [-0.05, 0) is 0 Å². The summed E-state index contributed by atoms with van der Waals surface area (Å²) in [6.07, 6.45) is 0. The van der Waals surface area contributed by atoms with E-state index in [4.69, 9.17) is 4.74 Å². The van der Waals surface area contributed by atoms with Crippen molar-refractivity contribution in [1.29, 1.82) is 0 Å². The fraction of sp³-hybridized carbons (Fsp3) is 0.571. The Balaban J connectivity index is 2.81. The molecule has 0 aliphatic carbocycles. The summed E-state index contributed by atoms with van der Waals surface area (Å²) in [6, 6.07) is 0. The summed E-state index contributed by atoms with van der Waals surface area (Å²) in [5.74, 6) is 0.861. The minimum absolute atomic E-state index is 0.463. The fourth-order valence-electron chi connectivity index (χ4n) is 0.780. The zero-order valence-corrected chi connectivity index (χ0v) is 8.18. The molecule has 0 N–H and O–H groups in total. The summed E-state index contributed by atoms with van der Waals surface area (Å²) in [5.41, 5.74) is 0. The summed E-state index contributed by atoms with van der Waals surface area (Å²) in [5, 5.41) is 0. The van der Waals surface area contributed by atoms with Crippen molar-refractivity contribution in [2.45, 2.75) is 20.8 Å². The van der Waals surface area contributed by atoms with Crippen LogP contribution in [0.25, 0.3) is 0 Å². The summed E-state index contributed by atoms with van der Waals surface area (Å²) < 4.78 is 7.82. The van der Waals surface area contributed by atoms with Crippen LogP contribution in [0.15, 0.2) is 0 Å². The van der Waals surface area contributed by atoms with E-state index in [0.29, 0.717) is 14.5 Å². The molecule has 0 saturated heterocycles. The molecule has 0 radical (unpaired) electrons. The van der Waals surface area contributed by atoms with E-state index in [0.717, 1.165) is 12.5 Å². The molecule has 56 valence electrons. The fourth-order valence-corrected chi connectivity index (χ4v) is 2.38. The van der Waals surface area contributed by atoms with Crippen molar-refractivity contribution in [2.75, 3.05) is 6.61 Å². The molecule has 0 aliphatic heterocycles. The van der Waals surface area contributed by atoms with Crippen LogP contribution in [0, 0.1) is 13.8 Å². The number of aryl methyl sites for hydroxylation is 2. The van der Waals surface area contributed by atoms with E-state index in [9.17, 15) is 0 Å². The second-order valence-electron chi connectivity index (χ2n) is 2.03. The van der Waals surface area contributed by atoms with Crippen molar-refractivity contribution < 1.29 is 4.74 Å². The normalized spacial score (nSPS) is 9.90. The molecule has 0 spiro atoms. The van der Waals surface area contributed by atoms with Gasteiger partial charge in [-0.3, -0.25) is 0 Å². The molecule has 0 unspecified atom stereocenters. The first kappa shape index (κ1) is 7.83. The van der Waals surface area contributed by atoms with Gasteiger partial charge in [0.1, 0.15) is 0 Å².